The Kier molecular flexibility index (Phi) is 18.1. The average molecular weight is 424 g/mol. The molecule has 0 aliphatic carbocycles. The molecule has 1 saturated heterocycles. The molecule has 1 aliphatic rings. The van der Waals surface area contributed by atoms with Crippen LogP contribution in [0.2, 0.25) is 0 Å². The third-order valence-electron chi connectivity index (χ3n) is 5.92. The smallest absolute Gasteiger partial charge is 0.219 e. The van der Waals surface area contributed by atoms with Gasteiger partial charge in [-0.3, -0.25) is 4.79 Å². The minimum Gasteiger partial charge on any atom is -0.393 e. The van der Waals surface area contributed by atoms with Crippen molar-refractivity contribution in [1.29, 1.82) is 0 Å². The maximum atomic E-state index is 11.9. The van der Waals surface area contributed by atoms with Crippen LogP contribution in [0, 0.1) is 0 Å². The molecule has 1 atom stereocenters. The standard InChI is InChI=1S/C25H49N3O2/c1-2-3-4-11-15-24(29)16-12-9-7-5-6-8-10-13-17-25(30)27-18-14-21-28-22-19-26-20-23-28/h9,12,24,26,29H,2-8,10-11,13-23H2,1H3,(H,27,30)/b12-9-/t24-/m1/s1. The molecule has 0 bridgehead atoms. The third kappa shape index (κ3) is 16.8. The third-order valence-corrected chi connectivity index (χ3v) is 5.92. The second-order valence-electron chi connectivity index (χ2n) is 8.81. The lowest BCUT2D eigenvalue weighted by Gasteiger charge is -2.27. The molecule has 176 valence electrons. The number of hydrogen-bond acceptors (Lipinski definition) is 4. The molecule has 0 unspecified atom stereocenters. The summed E-state index contributed by atoms with van der Waals surface area (Å²) < 4.78 is 0. The first kappa shape index (κ1) is 27.1. The monoisotopic (exact) mass is 423 g/mol. The largest absolute Gasteiger partial charge is 0.393 e. The van der Waals surface area contributed by atoms with Gasteiger partial charge in [0.2, 0.25) is 5.91 Å². The van der Waals surface area contributed by atoms with E-state index >= 15 is 0 Å². The van der Waals surface area contributed by atoms with E-state index < -0.39 is 0 Å². The Morgan fingerprint density at radius 3 is 2.53 bits per heavy atom. The normalized spacial score (nSPS) is 16.2. The van der Waals surface area contributed by atoms with E-state index in [4.69, 9.17) is 0 Å². The number of carbonyl (C=O) groups is 1. The van der Waals surface area contributed by atoms with Crippen molar-refractivity contribution in [2.24, 2.45) is 0 Å². The van der Waals surface area contributed by atoms with Crippen LogP contribution >= 0.6 is 0 Å². The number of aliphatic hydroxyl groups is 1. The Labute approximate surface area is 186 Å². The van der Waals surface area contributed by atoms with Gasteiger partial charge in [-0.1, -0.05) is 64.0 Å². The summed E-state index contributed by atoms with van der Waals surface area (Å²) in [4.78, 5) is 14.4. The van der Waals surface area contributed by atoms with Gasteiger partial charge in [0.1, 0.15) is 0 Å². The van der Waals surface area contributed by atoms with E-state index in [1.807, 2.05) is 0 Å². The summed E-state index contributed by atoms with van der Waals surface area (Å²) in [6.07, 6.45) is 19.5. The van der Waals surface area contributed by atoms with Crippen LogP contribution in [0.3, 0.4) is 0 Å². The Bertz CT molecular complexity index is 423. The minimum absolute atomic E-state index is 0.161. The average Bonchev–Trinajstić information content (AvgIpc) is 2.76. The van der Waals surface area contributed by atoms with Gasteiger partial charge in [0.15, 0.2) is 0 Å². The zero-order valence-electron chi connectivity index (χ0n) is 19.7. The predicted octanol–water partition coefficient (Wildman–Crippen LogP) is 4.41. The highest BCUT2D eigenvalue weighted by Crippen LogP contribution is 2.10. The van der Waals surface area contributed by atoms with E-state index in [0.29, 0.717) is 6.42 Å². The summed E-state index contributed by atoms with van der Waals surface area (Å²) in [5.74, 6) is 0.214. The van der Waals surface area contributed by atoms with Gasteiger partial charge in [0, 0.05) is 39.1 Å². The Morgan fingerprint density at radius 2 is 1.73 bits per heavy atom. The molecule has 1 fully saturated rings. The number of nitrogens with one attached hydrogen (secondary N) is 2. The maximum absolute atomic E-state index is 11.9. The van der Waals surface area contributed by atoms with Crippen LogP contribution < -0.4 is 10.6 Å². The lowest BCUT2D eigenvalue weighted by atomic mass is 10.1. The van der Waals surface area contributed by atoms with Gasteiger partial charge in [-0.15, -0.1) is 0 Å². The summed E-state index contributed by atoms with van der Waals surface area (Å²) in [5, 5.41) is 16.4. The maximum Gasteiger partial charge on any atom is 0.219 e. The fourth-order valence-corrected chi connectivity index (χ4v) is 3.93. The van der Waals surface area contributed by atoms with Crippen molar-refractivity contribution in [3.8, 4) is 0 Å². The molecule has 1 rings (SSSR count). The van der Waals surface area contributed by atoms with Crippen LogP contribution in [0.1, 0.15) is 96.8 Å². The molecular formula is C25H49N3O2. The number of carbonyl (C=O) groups excluding carboxylic acids is 1. The highest BCUT2D eigenvalue weighted by Gasteiger charge is 2.08. The highest BCUT2D eigenvalue weighted by molar-refractivity contribution is 5.75. The summed E-state index contributed by atoms with van der Waals surface area (Å²) >= 11 is 0. The van der Waals surface area contributed by atoms with Crippen molar-refractivity contribution in [2.75, 3.05) is 39.3 Å². The highest BCUT2D eigenvalue weighted by atomic mass is 16.3. The molecule has 5 heteroatoms. The molecule has 3 N–H and O–H groups in total. The SMILES string of the molecule is CCCCCC[C@@H](O)C/C=C\CCCCCCCC(=O)NCCCN1CCNCC1. The van der Waals surface area contributed by atoms with Crippen LogP contribution in [0.25, 0.3) is 0 Å². The van der Waals surface area contributed by atoms with Gasteiger partial charge in [0.05, 0.1) is 6.10 Å². The quantitative estimate of drug-likeness (QED) is 0.213. The van der Waals surface area contributed by atoms with Gasteiger partial charge < -0.3 is 20.6 Å². The summed E-state index contributed by atoms with van der Waals surface area (Å²) in [5.41, 5.74) is 0. The number of aliphatic hydroxyl groups excluding tert-OH is 1. The molecule has 0 aromatic heterocycles. The molecule has 1 aliphatic heterocycles. The molecule has 0 spiro atoms. The molecule has 0 aromatic carbocycles. The lowest BCUT2D eigenvalue weighted by molar-refractivity contribution is -0.121. The van der Waals surface area contributed by atoms with E-state index in [9.17, 15) is 9.90 Å². The van der Waals surface area contributed by atoms with Gasteiger partial charge in [0.25, 0.3) is 0 Å². The van der Waals surface area contributed by atoms with E-state index in [0.717, 1.165) is 84.2 Å². The number of hydrogen-bond donors (Lipinski definition) is 3. The summed E-state index contributed by atoms with van der Waals surface area (Å²) in [6, 6.07) is 0. The van der Waals surface area contributed by atoms with E-state index in [-0.39, 0.29) is 12.0 Å². The van der Waals surface area contributed by atoms with Gasteiger partial charge >= 0.3 is 0 Å². The fraction of sp³-hybridized carbons (Fsp3) is 0.880. The number of rotatable bonds is 19. The van der Waals surface area contributed by atoms with Crippen molar-refractivity contribution >= 4 is 5.91 Å². The van der Waals surface area contributed by atoms with Crippen molar-refractivity contribution in [3.63, 3.8) is 0 Å². The van der Waals surface area contributed by atoms with Crippen LogP contribution in [0.5, 0.6) is 0 Å². The first-order valence-corrected chi connectivity index (χ1v) is 12.7. The van der Waals surface area contributed by atoms with E-state index in [1.165, 1.54) is 38.5 Å². The number of amides is 1. The molecule has 1 amide bonds. The van der Waals surface area contributed by atoms with Crippen molar-refractivity contribution < 1.29 is 9.90 Å². The lowest BCUT2D eigenvalue weighted by Crippen LogP contribution is -2.44. The molecule has 0 saturated carbocycles. The number of piperazine rings is 1. The Hall–Kier alpha value is -0.910. The molecule has 5 nitrogen and oxygen atoms in total. The number of allylic oxidation sites excluding steroid dienone is 1. The predicted molar refractivity (Wildman–Crippen MR) is 128 cm³/mol. The van der Waals surface area contributed by atoms with Gasteiger partial charge in [-0.25, -0.2) is 0 Å². The zero-order valence-corrected chi connectivity index (χ0v) is 19.7. The first-order chi connectivity index (χ1) is 14.7. The molecule has 1 heterocycles. The number of nitrogens with zero attached hydrogens (tertiary/aromatic N) is 1. The molecule has 30 heavy (non-hydrogen) atoms. The second-order valence-corrected chi connectivity index (χ2v) is 8.81. The summed E-state index contributed by atoms with van der Waals surface area (Å²) in [7, 11) is 0. The van der Waals surface area contributed by atoms with Crippen LogP contribution in [0.4, 0.5) is 0 Å². The van der Waals surface area contributed by atoms with Crippen molar-refractivity contribution in [1.82, 2.24) is 15.5 Å². The molecular weight excluding hydrogens is 374 g/mol. The topological polar surface area (TPSA) is 64.6 Å². The van der Waals surface area contributed by atoms with E-state index in [1.54, 1.807) is 0 Å². The summed E-state index contributed by atoms with van der Waals surface area (Å²) in [6.45, 7) is 8.55. The molecule has 0 radical (unpaired) electrons. The zero-order chi connectivity index (χ0) is 21.7. The van der Waals surface area contributed by atoms with Crippen LogP contribution in [-0.2, 0) is 4.79 Å². The van der Waals surface area contributed by atoms with E-state index in [2.05, 4.69) is 34.6 Å². The van der Waals surface area contributed by atoms with Gasteiger partial charge in [-0.2, -0.15) is 0 Å². The van der Waals surface area contributed by atoms with Crippen LogP contribution in [-0.4, -0.2) is 61.3 Å². The first-order valence-electron chi connectivity index (χ1n) is 12.7. The minimum atomic E-state index is -0.161. The number of unbranched alkanes of at least 4 members (excludes halogenated alkanes) is 8. The van der Waals surface area contributed by atoms with Gasteiger partial charge in [-0.05, 0) is 45.1 Å². The van der Waals surface area contributed by atoms with Crippen LogP contribution in [0.15, 0.2) is 12.2 Å². The van der Waals surface area contributed by atoms with Crippen molar-refractivity contribution in [2.45, 2.75) is 103 Å². The Morgan fingerprint density at radius 1 is 1.00 bits per heavy atom. The second kappa shape index (κ2) is 20.0. The Balaban J connectivity index is 1.81. The van der Waals surface area contributed by atoms with Crippen molar-refractivity contribution in [3.05, 3.63) is 12.2 Å². The molecule has 0 aromatic rings. The fourth-order valence-electron chi connectivity index (χ4n) is 3.93.